The molecule has 0 aromatic heterocycles. The molecular formula is C18H17Cl2NO3. The Hall–Kier alpha value is -1.78. The zero-order chi connectivity index (χ0) is 17.9. The van der Waals surface area contributed by atoms with Gasteiger partial charge in [-0.05, 0) is 24.5 Å². The fraction of sp³-hybridized carbons (Fsp3) is 0.333. The lowest BCUT2D eigenvalue weighted by Crippen LogP contribution is -2.54. The standard InChI is InChI=1S/C18H17Cl2NO3/c1-4-11-8-9-17(19)15(23)21(3)16(24)18(17,20)13(11)12-7-5-6-10(2)14(12)22/h4-8,13,22H,1,9H2,2-3H3. The molecule has 0 radical (unpaired) electrons. The molecule has 1 heterocycles. The lowest BCUT2D eigenvalue weighted by Gasteiger charge is -2.42. The summed E-state index contributed by atoms with van der Waals surface area (Å²) in [5.74, 6) is -1.83. The normalized spacial score (nSPS) is 32.6. The maximum Gasteiger partial charge on any atom is 0.253 e. The predicted molar refractivity (Wildman–Crippen MR) is 93.4 cm³/mol. The maximum absolute atomic E-state index is 12.9. The summed E-state index contributed by atoms with van der Waals surface area (Å²) >= 11 is 13.4. The Bertz CT molecular complexity index is 803. The van der Waals surface area contributed by atoms with Crippen molar-refractivity contribution in [2.45, 2.75) is 29.0 Å². The number of alkyl halides is 2. The molecule has 1 fully saturated rings. The third-order valence-corrected chi connectivity index (χ3v) is 6.42. The Morgan fingerprint density at radius 1 is 1.33 bits per heavy atom. The van der Waals surface area contributed by atoms with E-state index in [1.165, 1.54) is 7.05 Å². The van der Waals surface area contributed by atoms with Gasteiger partial charge in [0.25, 0.3) is 11.8 Å². The van der Waals surface area contributed by atoms with Gasteiger partial charge in [-0.15, -0.1) is 23.2 Å². The van der Waals surface area contributed by atoms with Crippen LogP contribution in [0.1, 0.15) is 23.5 Å². The highest BCUT2D eigenvalue weighted by atomic mass is 35.5. The van der Waals surface area contributed by atoms with Crippen molar-refractivity contribution in [1.29, 1.82) is 0 Å². The number of fused-ring (bicyclic) bond motifs is 1. The Kier molecular flexibility index (Phi) is 3.81. The highest BCUT2D eigenvalue weighted by Crippen LogP contribution is 2.59. The number of carbonyl (C=O) groups is 2. The first-order valence-electron chi connectivity index (χ1n) is 7.51. The average Bonchev–Trinajstić information content (AvgIpc) is 2.69. The smallest absolute Gasteiger partial charge is 0.253 e. The van der Waals surface area contributed by atoms with Gasteiger partial charge < -0.3 is 5.11 Å². The Morgan fingerprint density at radius 3 is 2.62 bits per heavy atom. The highest BCUT2D eigenvalue weighted by Gasteiger charge is 2.72. The van der Waals surface area contributed by atoms with Crippen LogP contribution >= 0.6 is 23.2 Å². The number of hydrogen-bond acceptors (Lipinski definition) is 3. The number of aromatic hydroxyl groups is 1. The van der Waals surface area contributed by atoms with Gasteiger partial charge >= 0.3 is 0 Å². The zero-order valence-corrected chi connectivity index (χ0v) is 14.9. The molecular weight excluding hydrogens is 349 g/mol. The number of rotatable bonds is 2. The van der Waals surface area contributed by atoms with Gasteiger partial charge in [0.1, 0.15) is 5.75 Å². The second-order valence-electron chi connectivity index (χ2n) is 6.24. The first-order valence-corrected chi connectivity index (χ1v) is 8.27. The largest absolute Gasteiger partial charge is 0.507 e. The van der Waals surface area contributed by atoms with E-state index in [-0.39, 0.29) is 12.2 Å². The van der Waals surface area contributed by atoms with Crippen LogP contribution in [-0.2, 0) is 9.59 Å². The van der Waals surface area contributed by atoms with Crippen molar-refractivity contribution >= 4 is 35.0 Å². The summed E-state index contributed by atoms with van der Waals surface area (Å²) in [6.07, 6.45) is 3.47. The fourth-order valence-electron chi connectivity index (χ4n) is 3.63. The van der Waals surface area contributed by atoms with E-state index in [0.717, 1.165) is 4.90 Å². The van der Waals surface area contributed by atoms with E-state index in [1.807, 2.05) is 0 Å². The second kappa shape index (κ2) is 5.36. The van der Waals surface area contributed by atoms with Crippen molar-refractivity contribution in [1.82, 2.24) is 4.90 Å². The molecule has 1 aromatic carbocycles. The Morgan fingerprint density at radius 2 is 2.00 bits per heavy atom. The molecule has 0 saturated carbocycles. The van der Waals surface area contributed by atoms with Crippen molar-refractivity contribution in [2.75, 3.05) is 7.05 Å². The monoisotopic (exact) mass is 365 g/mol. The van der Waals surface area contributed by atoms with E-state index >= 15 is 0 Å². The minimum absolute atomic E-state index is 0.0333. The lowest BCUT2D eigenvalue weighted by atomic mass is 9.68. The first-order chi connectivity index (χ1) is 11.2. The summed E-state index contributed by atoms with van der Waals surface area (Å²) in [5.41, 5.74) is 1.77. The minimum Gasteiger partial charge on any atom is -0.507 e. The molecule has 4 nitrogen and oxygen atoms in total. The van der Waals surface area contributed by atoms with Crippen LogP contribution in [0.25, 0.3) is 0 Å². The van der Waals surface area contributed by atoms with Crippen LogP contribution < -0.4 is 0 Å². The van der Waals surface area contributed by atoms with Crippen molar-refractivity contribution in [3.8, 4) is 5.75 Å². The molecule has 24 heavy (non-hydrogen) atoms. The van der Waals surface area contributed by atoms with Crippen LogP contribution in [0.3, 0.4) is 0 Å². The van der Waals surface area contributed by atoms with Crippen LogP contribution in [-0.4, -0.2) is 38.6 Å². The zero-order valence-electron chi connectivity index (χ0n) is 13.3. The third kappa shape index (κ3) is 1.87. The SMILES string of the molecule is C=CC1=CCC2(Cl)C(=O)N(C)C(=O)C2(Cl)C1c1cccc(C)c1O. The summed E-state index contributed by atoms with van der Waals surface area (Å²) in [6.45, 7) is 5.53. The summed E-state index contributed by atoms with van der Waals surface area (Å²) in [4.78, 5) is 23.1. The molecule has 1 aromatic rings. The number of nitrogens with zero attached hydrogens (tertiary/aromatic N) is 1. The van der Waals surface area contributed by atoms with Crippen molar-refractivity contribution in [2.24, 2.45) is 0 Å². The highest BCUT2D eigenvalue weighted by molar-refractivity contribution is 6.53. The molecule has 126 valence electrons. The molecule has 2 amide bonds. The number of amides is 2. The number of para-hydroxylation sites is 1. The molecule has 0 bridgehead atoms. The quantitative estimate of drug-likeness (QED) is 0.646. The molecule has 3 rings (SSSR count). The van der Waals surface area contributed by atoms with E-state index in [9.17, 15) is 14.7 Å². The summed E-state index contributed by atoms with van der Waals surface area (Å²) in [6, 6.07) is 5.20. The van der Waals surface area contributed by atoms with Gasteiger partial charge in [-0.3, -0.25) is 14.5 Å². The number of allylic oxidation sites excluding steroid dienone is 3. The molecule has 6 heteroatoms. The molecule has 1 N–H and O–H groups in total. The number of carbonyl (C=O) groups excluding carboxylic acids is 2. The molecule has 1 aliphatic heterocycles. The van der Waals surface area contributed by atoms with Crippen LogP contribution in [0, 0.1) is 6.92 Å². The van der Waals surface area contributed by atoms with Gasteiger partial charge in [0, 0.05) is 18.5 Å². The molecule has 2 aliphatic rings. The lowest BCUT2D eigenvalue weighted by molar-refractivity contribution is -0.137. The van der Waals surface area contributed by atoms with Crippen LogP contribution in [0.2, 0.25) is 0 Å². The maximum atomic E-state index is 12.9. The number of hydrogen-bond donors (Lipinski definition) is 1. The third-order valence-electron chi connectivity index (χ3n) is 5.00. The van der Waals surface area contributed by atoms with E-state index in [1.54, 1.807) is 37.3 Å². The molecule has 3 unspecified atom stereocenters. The molecule has 0 spiro atoms. The topological polar surface area (TPSA) is 57.6 Å². The van der Waals surface area contributed by atoms with Gasteiger partial charge in [-0.25, -0.2) is 0 Å². The number of halogens is 2. The van der Waals surface area contributed by atoms with Gasteiger partial charge in [0.2, 0.25) is 0 Å². The average molecular weight is 366 g/mol. The molecule has 3 atom stereocenters. The van der Waals surface area contributed by atoms with Crippen molar-refractivity contribution in [3.05, 3.63) is 53.6 Å². The predicted octanol–water partition coefficient (Wildman–Crippen LogP) is 3.25. The molecule has 1 saturated heterocycles. The van der Waals surface area contributed by atoms with E-state index in [4.69, 9.17) is 23.2 Å². The van der Waals surface area contributed by atoms with Gasteiger partial charge in [0.05, 0.1) is 0 Å². The van der Waals surface area contributed by atoms with Gasteiger partial charge in [-0.2, -0.15) is 0 Å². The summed E-state index contributed by atoms with van der Waals surface area (Å²) in [5, 5.41) is 10.5. The van der Waals surface area contributed by atoms with E-state index in [2.05, 4.69) is 6.58 Å². The molecule has 1 aliphatic carbocycles. The number of benzene rings is 1. The van der Waals surface area contributed by atoms with Crippen molar-refractivity contribution < 1.29 is 14.7 Å². The first kappa shape index (κ1) is 17.1. The minimum atomic E-state index is -1.72. The van der Waals surface area contributed by atoms with E-state index in [0.29, 0.717) is 16.7 Å². The van der Waals surface area contributed by atoms with Gasteiger partial charge in [0.15, 0.2) is 9.75 Å². The number of phenols is 1. The van der Waals surface area contributed by atoms with Crippen LogP contribution in [0.5, 0.6) is 5.75 Å². The number of phenolic OH excluding ortho intramolecular Hbond substituents is 1. The fourth-order valence-corrected chi connectivity index (χ4v) is 4.55. The van der Waals surface area contributed by atoms with E-state index < -0.39 is 27.5 Å². The summed E-state index contributed by atoms with van der Waals surface area (Å²) < 4.78 is 0. The van der Waals surface area contributed by atoms with Crippen molar-refractivity contribution in [3.63, 3.8) is 0 Å². The number of imide groups is 1. The van der Waals surface area contributed by atoms with Crippen LogP contribution in [0.15, 0.2) is 42.5 Å². The second-order valence-corrected chi connectivity index (χ2v) is 7.48. The van der Waals surface area contributed by atoms with Gasteiger partial charge in [-0.1, -0.05) is 36.9 Å². The van der Waals surface area contributed by atoms with Crippen LogP contribution in [0.4, 0.5) is 0 Å². The number of aryl methyl sites for hydroxylation is 1. The Labute approximate surface area is 150 Å². The summed E-state index contributed by atoms with van der Waals surface area (Å²) in [7, 11) is 1.37. The number of likely N-dealkylation sites (tertiary alicyclic amines) is 1. The Balaban J connectivity index is 2.33.